The van der Waals surface area contributed by atoms with Crippen LogP contribution in [-0.2, 0) is 6.54 Å². The van der Waals surface area contributed by atoms with Crippen molar-refractivity contribution in [2.75, 3.05) is 0 Å². The second kappa shape index (κ2) is 5.34. The van der Waals surface area contributed by atoms with E-state index >= 15 is 0 Å². The largest absolute Gasteiger partial charge is 0.389 e. The first-order chi connectivity index (χ1) is 7.44. The molecule has 0 saturated carbocycles. The standard InChI is InChI=1S/C10H16F3N3/c1-2-7-16-9(4-6-15-16)8(14)3-5-10(11,12)13/h4,6,8H,2-3,5,7,14H2,1H3. The van der Waals surface area contributed by atoms with E-state index in [0.29, 0.717) is 12.2 Å². The molecule has 0 bridgehead atoms. The van der Waals surface area contributed by atoms with Crippen LogP contribution in [0.2, 0.25) is 0 Å². The topological polar surface area (TPSA) is 43.8 Å². The van der Waals surface area contributed by atoms with Gasteiger partial charge in [-0.05, 0) is 18.9 Å². The van der Waals surface area contributed by atoms with Crippen LogP contribution in [0.25, 0.3) is 0 Å². The van der Waals surface area contributed by atoms with Crippen LogP contribution in [0.1, 0.15) is 37.9 Å². The normalized spacial score (nSPS) is 14.1. The lowest BCUT2D eigenvalue weighted by atomic mass is 10.1. The minimum atomic E-state index is -4.15. The molecule has 16 heavy (non-hydrogen) atoms. The van der Waals surface area contributed by atoms with Gasteiger partial charge in [-0.25, -0.2) is 0 Å². The van der Waals surface area contributed by atoms with Gasteiger partial charge in [-0.15, -0.1) is 0 Å². The maximum Gasteiger partial charge on any atom is 0.389 e. The van der Waals surface area contributed by atoms with Crippen molar-refractivity contribution in [1.82, 2.24) is 9.78 Å². The minimum absolute atomic E-state index is 0.0983. The number of halogens is 3. The van der Waals surface area contributed by atoms with E-state index < -0.39 is 18.6 Å². The zero-order valence-electron chi connectivity index (χ0n) is 9.17. The number of nitrogens with zero attached hydrogens (tertiary/aromatic N) is 2. The van der Waals surface area contributed by atoms with Crippen molar-refractivity contribution in [3.05, 3.63) is 18.0 Å². The van der Waals surface area contributed by atoms with Gasteiger partial charge >= 0.3 is 6.18 Å². The second-order valence-corrected chi connectivity index (χ2v) is 3.74. The van der Waals surface area contributed by atoms with Gasteiger partial charge in [-0.3, -0.25) is 4.68 Å². The molecule has 1 atom stereocenters. The molecule has 6 heteroatoms. The SMILES string of the molecule is CCCn1nccc1C(N)CCC(F)(F)F. The lowest BCUT2D eigenvalue weighted by molar-refractivity contribution is -0.136. The Morgan fingerprint density at radius 3 is 2.75 bits per heavy atom. The van der Waals surface area contributed by atoms with E-state index in [2.05, 4.69) is 5.10 Å². The van der Waals surface area contributed by atoms with Gasteiger partial charge in [0.1, 0.15) is 0 Å². The van der Waals surface area contributed by atoms with Gasteiger partial charge in [0.15, 0.2) is 0 Å². The number of hydrogen-bond donors (Lipinski definition) is 1. The highest BCUT2D eigenvalue weighted by atomic mass is 19.4. The highest BCUT2D eigenvalue weighted by Gasteiger charge is 2.28. The van der Waals surface area contributed by atoms with Crippen LogP contribution in [0, 0.1) is 0 Å². The molecule has 0 saturated heterocycles. The van der Waals surface area contributed by atoms with Gasteiger partial charge in [0.25, 0.3) is 0 Å². The summed E-state index contributed by atoms with van der Waals surface area (Å²) in [6.07, 6.45) is -2.66. The molecule has 0 aliphatic heterocycles. The Morgan fingerprint density at radius 1 is 1.50 bits per heavy atom. The van der Waals surface area contributed by atoms with Crippen LogP contribution in [0.15, 0.2) is 12.3 Å². The monoisotopic (exact) mass is 235 g/mol. The van der Waals surface area contributed by atoms with Crippen LogP contribution in [0.4, 0.5) is 13.2 Å². The molecular formula is C10H16F3N3. The van der Waals surface area contributed by atoms with Crippen LogP contribution < -0.4 is 5.73 Å². The summed E-state index contributed by atoms with van der Waals surface area (Å²) in [5, 5.41) is 4.03. The molecule has 92 valence electrons. The fourth-order valence-electron chi connectivity index (χ4n) is 1.52. The van der Waals surface area contributed by atoms with Crippen molar-refractivity contribution < 1.29 is 13.2 Å². The Morgan fingerprint density at radius 2 is 2.19 bits per heavy atom. The van der Waals surface area contributed by atoms with E-state index in [1.165, 1.54) is 0 Å². The van der Waals surface area contributed by atoms with E-state index in [1.54, 1.807) is 16.9 Å². The Bertz CT molecular complexity index is 319. The fourth-order valence-corrected chi connectivity index (χ4v) is 1.52. The first-order valence-corrected chi connectivity index (χ1v) is 5.28. The van der Waals surface area contributed by atoms with Crippen LogP contribution in [-0.4, -0.2) is 16.0 Å². The van der Waals surface area contributed by atoms with Gasteiger partial charge in [0, 0.05) is 25.2 Å². The molecule has 0 fully saturated rings. The van der Waals surface area contributed by atoms with Crippen molar-refractivity contribution in [2.45, 2.75) is 44.9 Å². The summed E-state index contributed by atoms with van der Waals surface area (Å²) < 4.78 is 37.8. The number of nitrogens with two attached hydrogens (primary N) is 1. The van der Waals surface area contributed by atoms with E-state index in [-0.39, 0.29) is 6.42 Å². The number of rotatable bonds is 5. The van der Waals surface area contributed by atoms with Crippen molar-refractivity contribution in [1.29, 1.82) is 0 Å². The van der Waals surface area contributed by atoms with Crippen molar-refractivity contribution in [3.8, 4) is 0 Å². The lowest BCUT2D eigenvalue weighted by Crippen LogP contribution is -2.19. The summed E-state index contributed by atoms with van der Waals surface area (Å²) in [7, 11) is 0. The molecule has 3 nitrogen and oxygen atoms in total. The average molecular weight is 235 g/mol. The second-order valence-electron chi connectivity index (χ2n) is 3.74. The number of aryl methyl sites for hydroxylation is 1. The van der Waals surface area contributed by atoms with Crippen molar-refractivity contribution >= 4 is 0 Å². The predicted molar refractivity (Wildman–Crippen MR) is 54.7 cm³/mol. The first kappa shape index (κ1) is 13.0. The molecule has 1 rings (SSSR count). The summed E-state index contributed by atoms with van der Waals surface area (Å²) in [5.41, 5.74) is 6.39. The lowest BCUT2D eigenvalue weighted by Gasteiger charge is -2.14. The van der Waals surface area contributed by atoms with Crippen LogP contribution >= 0.6 is 0 Å². The quantitative estimate of drug-likeness (QED) is 0.852. The fraction of sp³-hybridized carbons (Fsp3) is 0.700. The first-order valence-electron chi connectivity index (χ1n) is 5.28. The van der Waals surface area contributed by atoms with Gasteiger partial charge < -0.3 is 5.73 Å². The van der Waals surface area contributed by atoms with E-state index in [9.17, 15) is 13.2 Å². The average Bonchev–Trinajstić information content (AvgIpc) is 2.62. The molecule has 0 spiro atoms. The van der Waals surface area contributed by atoms with E-state index in [0.717, 1.165) is 6.42 Å². The third kappa shape index (κ3) is 3.84. The van der Waals surface area contributed by atoms with E-state index in [1.807, 2.05) is 6.92 Å². The highest BCUT2D eigenvalue weighted by molar-refractivity contribution is 5.06. The van der Waals surface area contributed by atoms with Crippen LogP contribution in [0.5, 0.6) is 0 Å². The molecule has 1 heterocycles. The zero-order chi connectivity index (χ0) is 12.2. The molecular weight excluding hydrogens is 219 g/mol. The summed E-state index contributed by atoms with van der Waals surface area (Å²) >= 11 is 0. The molecule has 1 aromatic rings. The van der Waals surface area contributed by atoms with Crippen LogP contribution in [0.3, 0.4) is 0 Å². The maximum atomic E-state index is 12.0. The molecule has 0 radical (unpaired) electrons. The smallest absolute Gasteiger partial charge is 0.323 e. The van der Waals surface area contributed by atoms with E-state index in [4.69, 9.17) is 5.73 Å². The summed E-state index contributed by atoms with van der Waals surface area (Å²) in [5.74, 6) is 0. The number of aromatic nitrogens is 2. The van der Waals surface area contributed by atoms with Crippen molar-refractivity contribution in [3.63, 3.8) is 0 Å². The third-order valence-electron chi connectivity index (χ3n) is 2.30. The Labute approximate surface area is 92.4 Å². The molecule has 0 aliphatic carbocycles. The summed E-state index contributed by atoms with van der Waals surface area (Å²) in [6.45, 7) is 2.66. The number of hydrogen-bond acceptors (Lipinski definition) is 2. The molecule has 1 unspecified atom stereocenters. The van der Waals surface area contributed by atoms with Gasteiger partial charge in [0.2, 0.25) is 0 Å². The summed E-state index contributed by atoms with van der Waals surface area (Å²) in [4.78, 5) is 0. The predicted octanol–water partition coefficient (Wildman–Crippen LogP) is 2.64. The van der Waals surface area contributed by atoms with Gasteiger partial charge in [0.05, 0.1) is 5.69 Å². The molecule has 0 aromatic carbocycles. The summed E-state index contributed by atoms with van der Waals surface area (Å²) in [6, 6.07) is 1.08. The Kier molecular flexibility index (Phi) is 4.35. The highest BCUT2D eigenvalue weighted by Crippen LogP contribution is 2.26. The van der Waals surface area contributed by atoms with Gasteiger partial charge in [-0.2, -0.15) is 18.3 Å². The molecule has 2 N–H and O–H groups in total. The molecule has 1 aromatic heterocycles. The Hall–Kier alpha value is -1.04. The minimum Gasteiger partial charge on any atom is -0.323 e. The zero-order valence-corrected chi connectivity index (χ0v) is 9.17. The van der Waals surface area contributed by atoms with Crippen molar-refractivity contribution in [2.24, 2.45) is 5.73 Å². The molecule has 0 aliphatic rings. The third-order valence-corrected chi connectivity index (χ3v) is 2.30. The number of alkyl halides is 3. The van der Waals surface area contributed by atoms with Gasteiger partial charge in [-0.1, -0.05) is 6.92 Å². The molecule has 0 amide bonds. The Balaban J connectivity index is 2.58. The maximum absolute atomic E-state index is 12.0.